The molecule has 2 aromatic heterocycles. The summed E-state index contributed by atoms with van der Waals surface area (Å²) in [5.41, 5.74) is 1.22. The predicted molar refractivity (Wildman–Crippen MR) is 91.6 cm³/mol. The van der Waals surface area contributed by atoms with Crippen LogP contribution in [0.5, 0.6) is 0 Å². The molecule has 2 N–H and O–H groups in total. The van der Waals surface area contributed by atoms with Crippen molar-refractivity contribution in [3.63, 3.8) is 0 Å². The second kappa shape index (κ2) is 6.93. The molecule has 1 aliphatic rings. The van der Waals surface area contributed by atoms with Gasteiger partial charge in [-0.2, -0.15) is 0 Å². The van der Waals surface area contributed by atoms with Gasteiger partial charge in [0.15, 0.2) is 0 Å². The Bertz CT molecular complexity index is 679. The minimum Gasteiger partial charge on any atom is -0.354 e. The summed E-state index contributed by atoms with van der Waals surface area (Å²) in [4.78, 5) is 22.9. The standard InChI is InChI=1S/C15H20N4OS2/c1-9-10(2)22-15-13(9)14(18-8-19-15)21-7-12(20)17-6-11-4-3-5-16-11/h8,11,16H,3-7H2,1-2H3,(H,17,20). The highest BCUT2D eigenvalue weighted by Gasteiger charge is 2.16. The van der Waals surface area contributed by atoms with Crippen LogP contribution in [0, 0.1) is 13.8 Å². The maximum Gasteiger partial charge on any atom is 0.230 e. The van der Waals surface area contributed by atoms with Crippen LogP contribution in [0.2, 0.25) is 0 Å². The first kappa shape index (κ1) is 15.7. The number of carbonyl (C=O) groups excluding carboxylic acids is 1. The highest BCUT2D eigenvalue weighted by atomic mass is 32.2. The summed E-state index contributed by atoms with van der Waals surface area (Å²) in [7, 11) is 0. The number of aromatic nitrogens is 2. The number of amides is 1. The lowest BCUT2D eigenvalue weighted by Crippen LogP contribution is -2.37. The number of nitrogens with zero attached hydrogens (tertiary/aromatic N) is 2. The first-order valence-electron chi connectivity index (χ1n) is 7.48. The molecule has 5 nitrogen and oxygen atoms in total. The molecule has 1 amide bonds. The van der Waals surface area contributed by atoms with Crippen molar-refractivity contribution >= 4 is 39.2 Å². The molecule has 1 aliphatic heterocycles. The largest absolute Gasteiger partial charge is 0.354 e. The van der Waals surface area contributed by atoms with E-state index in [1.165, 1.54) is 28.6 Å². The minimum absolute atomic E-state index is 0.0649. The van der Waals surface area contributed by atoms with Gasteiger partial charge in [-0.05, 0) is 38.8 Å². The summed E-state index contributed by atoms with van der Waals surface area (Å²) < 4.78 is 0. The summed E-state index contributed by atoms with van der Waals surface area (Å²) in [5, 5.41) is 8.38. The van der Waals surface area contributed by atoms with Gasteiger partial charge in [0, 0.05) is 22.8 Å². The van der Waals surface area contributed by atoms with Gasteiger partial charge in [-0.3, -0.25) is 4.79 Å². The normalized spacial score (nSPS) is 18.0. The van der Waals surface area contributed by atoms with E-state index in [0.29, 0.717) is 11.8 Å². The van der Waals surface area contributed by atoms with Gasteiger partial charge in [-0.15, -0.1) is 11.3 Å². The zero-order valence-corrected chi connectivity index (χ0v) is 14.4. The Kier molecular flexibility index (Phi) is 4.95. The molecule has 0 aliphatic carbocycles. The molecular formula is C15H20N4OS2. The van der Waals surface area contributed by atoms with E-state index in [9.17, 15) is 4.79 Å². The smallest absolute Gasteiger partial charge is 0.230 e. The maximum absolute atomic E-state index is 12.0. The summed E-state index contributed by atoms with van der Waals surface area (Å²) in [6.45, 7) is 5.96. The van der Waals surface area contributed by atoms with Crippen molar-refractivity contribution in [3.05, 3.63) is 16.8 Å². The lowest BCUT2D eigenvalue weighted by molar-refractivity contribution is -0.118. The number of aryl methyl sites for hydroxylation is 2. The summed E-state index contributed by atoms with van der Waals surface area (Å²) in [6, 6.07) is 0.432. The van der Waals surface area contributed by atoms with Crippen molar-refractivity contribution in [2.45, 2.75) is 37.8 Å². The molecule has 3 heterocycles. The van der Waals surface area contributed by atoms with Crippen LogP contribution in [0.3, 0.4) is 0 Å². The fourth-order valence-corrected chi connectivity index (χ4v) is 4.56. The molecule has 0 aromatic carbocycles. The number of rotatable bonds is 5. The van der Waals surface area contributed by atoms with E-state index in [2.05, 4.69) is 34.4 Å². The molecule has 1 atom stereocenters. The van der Waals surface area contributed by atoms with Crippen molar-refractivity contribution in [1.29, 1.82) is 0 Å². The van der Waals surface area contributed by atoms with Gasteiger partial charge in [-0.25, -0.2) is 9.97 Å². The predicted octanol–water partition coefficient (Wildman–Crippen LogP) is 2.27. The third-order valence-electron chi connectivity index (χ3n) is 3.98. The van der Waals surface area contributed by atoms with Crippen molar-refractivity contribution in [2.75, 3.05) is 18.8 Å². The number of nitrogens with one attached hydrogen (secondary N) is 2. The Morgan fingerprint density at radius 1 is 1.50 bits per heavy atom. The summed E-state index contributed by atoms with van der Waals surface area (Å²) >= 11 is 3.17. The zero-order chi connectivity index (χ0) is 15.5. The number of hydrogen-bond donors (Lipinski definition) is 2. The average Bonchev–Trinajstić information content (AvgIpc) is 3.12. The highest BCUT2D eigenvalue weighted by Crippen LogP contribution is 2.34. The van der Waals surface area contributed by atoms with E-state index in [4.69, 9.17) is 0 Å². The van der Waals surface area contributed by atoms with Crippen LogP contribution in [0.4, 0.5) is 0 Å². The third-order valence-corrected chi connectivity index (χ3v) is 6.08. The zero-order valence-electron chi connectivity index (χ0n) is 12.8. The van der Waals surface area contributed by atoms with Crippen LogP contribution in [-0.4, -0.2) is 40.8 Å². The lowest BCUT2D eigenvalue weighted by Gasteiger charge is -2.11. The fourth-order valence-electron chi connectivity index (χ4n) is 2.61. The molecule has 0 saturated carbocycles. The van der Waals surface area contributed by atoms with Crippen LogP contribution < -0.4 is 10.6 Å². The Hall–Kier alpha value is -1.18. The van der Waals surface area contributed by atoms with Crippen LogP contribution >= 0.6 is 23.1 Å². The second-order valence-electron chi connectivity index (χ2n) is 5.53. The van der Waals surface area contributed by atoms with Crippen LogP contribution in [0.15, 0.2) is 11.4 Å². The van der Waals surface area contributed by atoms with Crippen LogP contribution in [0.1, 0.15) is 23.3 Å². The van der Waals surface area contributed by atoms with Gasteiger partial charge < -0.3 is 10.6 Å². The fraction of sp³-hybridized carbons (Fsp3) is 0.533. The first-order chi connectivity index (χ1) is 10.6. The molecular weight excluding hydrogens is 316 g/mol. The molecule has 1 fully saturated rings. The molecule has 1 saturated heterocycles. The van der Waals surface area contributed by atoms with E-state index in [0.717, 1.165) is 34.8 Å². The van der Waals surface area contributed by atoms with Gasteiger partial charge in [0.25, 0.3) is 0 Å². The summed E-state index contributed by atoms with van der Waals surface area (Å²) in [5.74, 6) is 0.461. The van der Waals surface area contributed by atoms with Crippen molar-refractivity contribution in [3.8, 4) is 0 Å². The molecule has 3 rings (SSSR count). The molecule has 22 heavy (non-hydrogen) atoms. The lowest BCUT2D eigenvalue weighted by atomic mass is 10.2. The molecule has 118 valence electrons. The number of fused-ring (bicyclic) bond motifs is 1. The Morgan fingerprint density at radius 3 is 3.14 bits per heavy atom. The SMILES string of the molecule is Cc1sc2ncnc(SCC(=O)NCC3CCCN3)c2c1C. The number of carbonyl (C=O) groups is 1. The quantitative estimate of drug-likeness (QED) is 0.648. The van der Waals surface area contributed by atoms with E-state index in [1.54, 1.807) is 17.7 Å². The third kappa shape index (κ3) is 3.42. The first-order valence-corrected chi connectivity index (χ1v) is 9.29. The van der Waals surface area contributed by atoms with Crippen molar-refractivity contribution in [2.24, 2.45) is 0 Å². The molecule has 7 heteroatoms. The van der Waals surface area contributed by atoms with E-state index >= 15 is 0 Å². The van der Waals surface area contributed by atoms with E-state index in [-0.39, 0.29) is 5.91 Å². The molecule has 0 radical (unpaired) electrons. The van der Waals surface area contributed by atoms with E-state index in [1.807, 2.05) is 0 Å². The molecule has 0 bridgehead atoms. The van der Waals surface area contributed by atoms with Crippen LogP contribution in [-0.2, 0) is 4.79 Å². The van der Waals surface area contributed by atoms with Gasteiger partial charge in [-0.1, -0.05) is 11.8 Å². The maximum atomic E-state index is 12.0. The van der Waals surface area contributed by atoms with Crippen molar-refractivity contribution in [1.82, 2.24) is 20.6 Å². The molecule has 0 spiro atoms. The number of hydrogen-bond acceptors (Lipinski definition) is 6. The molecule has 2 aromatic rings. The topological polar surface area (TPSA) is 66.9 Å². The molecule has 1 unspecified atom stereocenters. The van der Waals surface area contributed by atoms with Gasteiger partial charge in [0.1, 0.15) is 16.2 Å². The Morgan fingerprint density at radius 2 is 2.36 bits per heavy atom. The van der Waals surface area contributed by atoms with Gasteiger partial charge in [0.05, 0.1) is 5.75 Å². The van der Waals surface area contributed by atoms with Gasteiger partial charge >= 0.3 is 0 Å². The van der Waals surface area contributed by atoms with Crippen molar-refractivity contribution < 1.29 is 4.79 Å². The average molecular weight is 336 g/mol. The second-order valence-corrected chi connectivity index (χ2v) is 7.70. The number of thioether (sulfide) groups is 1. The van der Waals surface area contributed by atoms with E-state index < -0.39 is 0 Å². The highest BCUT2D eigenvalue weighted by molar-refractivity contribution is 8.00. The Balaban J connectivity index is 1.60. The summed E-state index contributed by atoms with van der Waals surface area (Å²) in [6.07, 6.45) is 3.93. The van der Waals surface area contributed by atoms with Gasteiger partial charge in [0.2, 0.25) is 5.91 Å². The minimum atomic E-state index is 0.0649. The Labute approximate surface area is 138 Å². The van der Waals surface area contributed by atoms with Crippen LogP contribution in [0.25, 0.3) is 10.2 Å². The number of thiophene rings is 1. The monoisotopic (exact) mass is 336 g/mol.